The molecular formula is C26H15Cl2NO5. The molecule has 0 saturated carbocycles. The molecule has 3 aromatic carbocycles. The zero-order valence-corrected chi connectivity index (χ0v) is 18.9. The average molecular weight is 492 g/mol. The van der Waals surface area contributed by atoms with Crippen LogP contribution in [0.2, 0.25) is 10.0 Å². The number of imide groups is 1. The third kappa shape index (κ3) is 2.56. The number of ketones is 2. The Bertz CT molecular complexity index is 1380. The lowest BCUT2D eigenvalue weighted by atomic mass is 9.77. The number of rotatable bonds is 2. The fraction of sp³-hybridized carbons (Fsp3) is 0.154. The molecule has 2 saturated heterocycles. The van der Waals surface area contributed by atoms with E-state index in [-0.39, 0.29) is 26.9 Å². The number of benzene rings is 3. The lowest BCUT2D eigenvalue weighted by Gasteiger charge is -2.27. The van der Waals surface area contributed by atoms with Gasteiger partial charge in [0.2, 0.25) is 29.0 Å². The molecule has 34 heavy (non-hydrogen) atoms. The molecule has 1 aliphatic carbocycles. The highest BCUT2D eigenvalue weighted by molar-refractivity contribution is 6.45. The molecule has 2 aliphatic heterocycles. The van der Waals surface area contributed by atoms with Crippen molar-refractivity contribution < 1.29 is 23.9 Å². The quantitative estimate of drug-likeness (QED) is 0.383. The summed E-state index contributed by atoms with van der Waals surface area (Å²) in [6.45, 7) is 0. The van der Waals surface area contributed by atoms with Crippen molar-refractivity contribution in [3.05, 3.63) is 99.5 Å². The van der Waals surface area contributed by atoms with Gasteiger partial charge in [0.15, 0.2) is 0 Å². The molecule has 0 bridgehead atoms. The number of anilines is 1. The van der Waals surface area contributed by atoms with Gasteiger partial charge in [0, 0.05) is 11.1 Å². The van der Waals surface area contributed by atoms with Crippen molar-refractivity contribution in [3.63, 3.8) is 0 Å². The maximum atomic E-state index is 13.9. The van der Waals surface area contributed by atoms with Gasteiger partial charge in [0.25, 0.3) is 0 Å². The van der Waals surface area contributed by atoms with E-state index in [1.807, 2.05) is 0 Å². The fourth-order valence-corrected chi connectivity index (χ4v) is 5.74. The number of Topliss-reactive ketones (excluding diaryl/α,β-unsaturated/α-hetero) is 2. The SMILES string of the molecule is O=C1[C@H]2[C@@H](c3ccccc3)OC3(C(=O)c4ccccc4C3=O)[C@@H]2C(=O)N1c1cccc(Cl)c1Cl. The van der Waals surface area contributed by atoms with Gasteiger partial charge in [0.05, 0.1) is 33.7 Å². The van der Waals surface area contributed by atoms with Crippen molar-refractivity contribution in [1.29, 1.82) is 0 Å². The number of ether oxygens (including phenoxy) is 1. The number of amides is 2. The molecule has 0 aromatic heterocycles. The van der Waals surface area contributed by atoms with Crippen LogP contribution in [0.4, 0.5) is 5.69 Å². The number of hydrogen-bond acceptors (Lipinski definition) is 5. The van der Waals surface area contributed by atoms with E-state index in [0.717, 1.165) is 4.90 Å². The number of nitrogens with zero attached hydrogens (tertiary/aromatic N) is 1. The molecule has 3 aromatic rings. The summed E-state index contributed by atoms with van der Waals surface area (Å²) in [5.41, 5.74) is -1.07. The molecule has 3 aliphatic rings. The average Bonchev–Trinajstić information content (AvgIpc) is 3.42. The Morgan fingerprint density at radius 2 is 1.35 bits per heavy atom. The Morgan fingerprint density at radius 1 is 0.735 bits per heavy atom. The van der Waals surface area contributed by atoms with Crippen LogP contribution in [0.1, 0.15) is 32.4 Å². The third-order valence-electron chi connectivity index (χ3n) is 6.82. The van der Waals surface area contributed by atoms with E-state index >= 15 is 0 Å². The summed E-state index contributed by atoms with van der Waals surface area (Å²) in [6.07, 6.45) is -0.979. The van der Waals surface area contributed by atoms with Crippen LogP contribution in [0.5, 0.6) is 0 Å². The Kier molecular flexibility index (Phi) is 4.58. The fourth-order valence-electron chi connectivity index (χ4n) is 5.36. The summed E-state index contributed by atoms with van der Waals surface area (Å²) in [7, 11) is 0. The van der Waals surface area contributed by atoms with Gasteiger partial charge in [-0.3, -0.25) is 19.2 Å². The molecule has 2 heterocycles. The summed E-state index contributed by atoms with van der Waals surface area (Å²) in [4.78, 5) is 56.0. The van der Waals surface area contributed by atoms with E-state index in [1.165, 1.54) is 24.3 Å². The lowest BCUT2D eigenvalue weighted by Crippen LogP contribution is -2.51. The largest absolute Gasteiger partial charge is 0.349 e. The first-order chi connectivity index (χ1) is 16.4. The number of hydrogen-bond donors (Lipinski definition) is 0. The molecule has 1 spiro atoms. The smallest absolute Gasteiger partial charge is 0.241 e. The van der Waals surface area contributed by atoms with Crippen LogP contribution >= 0.6 is 23.2 Å². The van der Waals surface area contributed by atoms with Gasteiger partial charge in [-0.05, 0) is 17.7 Å². The Balaban J connectivity index is 1.57. The predicted molar refractivity (Wildman–Crippen MR) is 124 cm³/mol. The molecule has 0 unspecified atom stereocenters. The van der Waals surface area contributed by atoms with Crippen molar-refractivity contribution in [2.75, 3.05) is 4.90 Å². The summed E-state index contributed by atoms with van der Waals surface area (Å²) in [5, 5.41) is 0.201. The van der Waals surface area contributed by atoms with Crippen LogP contribution in [0.3, 0.4) is 0 Å². The van der Waals surface area contributed by atoms with Gasteiger partial charge in [-0.2, -0.15) is 0 Å². The summed E-state index contributed by atoms with van der Waals surface area (Å²) < 4.78 is 6.22. The van der Waals surface area contributed by atoms with Crippen LogP contribution in [0.25, 0.3) is 0 Å². The number of fused-ring (bicyclic) bond motifs is 3. The first-order valence-corrected chi connectivity index (χ1v) is 11.4. The lowest BCUT2D eigenvalue weighted by molar-refractivity contribution is -0.127. The van der Waals surface area contributed by atoms with Crippen LogP contribution < -0.4 is 4.90 Å². The molecule has 3 atom stereocenters. The van der Waals surface area contributed by atoms with Gasteiger partial charge in [0.1, 0.15) is 0 Å². The van der Waals surface area contributed by atoms with Crippen molar-refractivity contribution in [1.82, 2.24) is 0 Å². The monoisotopic (exact) mass is 491 g/mol. The van der Waals surface area contributed by atoms with E-state index in [0.29, 0.717) is 5.56 Å². The minimum atomic E-state index is -2.12. The standard InChI is InChI=1S/C26H15Cl2NO5/c27-16-11-6-12-17(20(16)28)29-24(32)18-19(25(29)33)26(34-21(18)13-7-2-1-3-8-13)22(30)14-9-4-5-10-15(14)23(26)31/h1-12,18-19,21H/t18-,19+,21-/m1/s1. The molecule has 168 valence electrons. The summed E-state index contributed by atoms with van der Waals surface area (Å²) in [5.74, 6) is -4.96. The second-order valence-electron chi connectivity index (χ2n) is 8.48. The van der Waals surface area contributed by atoms with E-state index in [9.17, 15) is 19.2 Å². The Hall–Kier alpha value is -3.32. The normalized spacial score (nSPS) is 24.8. The Morgan fingerprint density at radius 3 is 2.00 bits per heavy atom. The van der Waals surface area contributed by atoms with Gasteiger partial charge >= 0.3 is 0 Å². The van der Waals surface area contributed by atoms with Gasteiger partial charge in [-0.25, -0.2) is 4.90 Å². The molecule has 2 amide bonds. The number of halogens is 2. The molecule has 2 fully saturated rings. The maximum Gasteiger partial charge on any atom is 0.241 e. The number of carbonyl (C=O) groups is 4. The van der Waals surface area contributed by atoms with Gasteiger partial charge in [-0.15, -0.1) is 0 Å². The van der Waals surface area contributed by atoms with Crippen molar-refractivity contribution in [2.24, 2.45) is 11.8 Å². The van der Waals surface area contributed by atoms with Crippen molar-refractivity contribution in [3.8, 4) is 0 Å². The topological polar surface area (TPSA) is 80.8 Å². The van der Waals surface area contributed by atoms with Crippen LogP contribution in [0, 0.1) is 11.8 Å². The van der Waals surface area contributed by atoms with Crippen molar-refractivity contribution in [2.45, 2.75) is 11.7 Å². The Labute approximate surface area is 204 Å². The molecule has 0 N–H and O–H groups in total. The molecule has 8 heteroatoms. The second kappa shape index (κ2) is 7.34. The third-order valence-corrected chi connectivity index (χ3v) is 7.63. The molecule has 6 nitrogen and oxygen atoms in total. The van der Waals surface area contributed by atoms with Crippen LogP contribution in [-0.4, -0.2) is 29.0 Å². The van der Waals surface area contributed by atoms with Crippen molar-refractivity contribution >= 4 is 52.3 Å². The highest BCUT2D eigenvalue weighted by atomic mass is 35.5. The number of carbonyl (C=O) groups excluding carboxylic acids is 4. The van der Waals surface area contributed by atoms with E-state index < -0.39 is 46.9 Å². The van der Waals surface area contributed by atoms with Crippen LogP contribution in [-0.2, 0) is 14.3 Å². The highest BCUT2D eigenvalue weighted by Gasteiger charge is 2.74. The first kappa shape index (κ1) is 21.2. The maximum absolute atomic E-state index is 13.9. The summed E-state index contributed by atoms with van der Waals surface area (Å²) in [6, 6.07) is 19.8. The first-order valence-electron chi connectivity index (χ1n) is 10.6. The van der Waals surface area contributed by atoms with E-state index in [4.69, 9.17) is 27.9 Å². The zero-order valence-electron chi connectivity index (χ0n) is 17.4. The zero-order chi connectivity index (χ0) is 23.8. The molecule has 0 radical (unpaired) electrons. The second-order valence-corrected chi connectivity index (χ2v) is 9.26. The molecular weight excluding hydrogens is 477 g/mol. The minimum absolute atomic E-state index is 0.0319. The molecule has 6 rings (SSSR count). The summed E-state index contributed by atoms with van der Waals surface area (Å²) >= 11 is 12.5. The van der Waals surface area contributed by atoms with Gasteiger partial charge in [-0.1, -0.05) is 83.9 Å². The van der Waals surface area contributed by atoms with Gasteiger partial charge < -0.3 is 4.74 Å². The predicted octanol–water partition coefficient (Wildman–Crippen LogP) is 4.69. The minimum Gasteiger partial charge on any atom is -0.349 e. The van der Waals surface area contributed by atoms with Crippen LogP contribution in [0.15, 0.2) is 72.8 Å². The van der Waals surface area contributed by atoms with E-state index in [1.54, 1.807) is 48.5 Å². The highest BCUT2D eigenvalue weighted by Crippen LogP contribution is 2.58. The van der Waals surface area contributed by atoms with E-state index in [2.05, 4.69) is 0 Å².